The standard InChI is InChI=1S/C18H19BrClN/c19-18-10-16(20)7-8-17(18)15-6-2-4-13(9-15)3-1-5-14-11-21-12-14/h2,4,6-10,14,21H,1,3,5,11-12H2. The zero-order valence-electron chi connectivity index (χ0n) is 11.9. The second-order valence-corrected chi connectivity index (χ2v) is 7.03. The Kier molecular flexibility index (Phi) is 4.99. The van der Waals surface area contributed by atoms with Crippen molar-refractivity contribution in [3.05, 3.63) is 57.5 Å². The topological polar surface area (TPSA) is 12.0 Å². The molecule has 1 heterocycles. The number of nitrogens with one attached hydrogen (secondary N) is 1. The van der Waals surface area contributed by atoms with E-state index in [4.69, 9.17) is 11.6 Å². The molecule has 0 radical (unpaired) electrons. The van der Waals surface area contributed by atoms with Crippen molar-refractivity contribution in [2.45, 2.75) is 19.3 Å². The maximum atomic E-state index is 6.02. The van der Waals surface area contributed by atoms with Crippen molar-refractivity contribution in [1.82, 2.24) is 5.32 Å². The Morgan fingerprint density at radius 1 is 1.14 bits per heavy atom. The summed E-state index contributed by atoms with van der Waals surface area (Å²) in [4.78, 5) is 0. The van der Waals surface area contributed by atoms with Gasteiger partial charge in [0.15, 0.2) is 0 Å². The first-order valence-electron chi connectivity index (χ1n) is 7.47. The molecule has 1 aliphatic rings. The summed E-state index contributed by atoms with van der Waals surface area (Å²) in [6, 6.07) is 14.8. The molecule has 0 atom stereocenters. The number of rotatable bonds is 5. The van der Waals surface area contributed by atoms with Crippen LogP contribution in [-0.2, 0) is 6.42 Å². The van der Waals surface area contributed by atoms with Crippen molar-refractivity contribution in [1.29, 1.82) is 0 Å². The van der Waals surface area contributed by atoms with Crippen molar-refractivity contribution >= 4 is 27.5 Å². The van der Waals surface area contributed by atoms with Gasteiger partial charge in [-0.1, -0.05) is 57.9 Å². The minimum Gasteiger partial charge on any atom is -0.316 e. The molecule has 0 unspecified atom stereocenters. The average Bonchev–Trinajstić information content (AvgIpc) is 2.42. The molecule has 1 N–H and O–H groups in total. The van der Waals surface area contributed by atoms with Gasteiger partial charge in [-0.05, 0) is 67.1 Å². The highest BCUT2D eigenvalue weighted by atomic mass is 79.9. The molecule has 110 valence electrons. The van der Waals surface area contributed by atoms with E-state index < -0.39 is 0 Å². The van der Waals surface area contributed by atoms with Crippen LogP contribution in [0.5, 0.6) is 0 Å². The summed E-state index contributed by atoms with van der Waals surface area (Å²) in [5.74, 6) is 0.901. The summed E-state index contributed by atoms with van der Waals surface area (Å²) in [7, 11) is 0. The van der Waals surface area contributed by atoms with E-state index in [-0.39, 0.29) is 0 Å². The molecule has 3 rings (SSSR count). The largest absolute Gasteiger partial charge is 0.316 e. The highest BCUT2D eigenvalue weighted by Crippen LogP contribution is 2.31. The average molecular weight is 365 g/mol. The number of benzene rings is 2. The van der Waals surface area contributed by atoms with E-state index in [1.807, 2.05) is 12.1 Å². The highest BCUT2D eigenvalue weighted by Gasteiger charge is 2.15. The van der Waals surface area contributed by atoms with E-state index in [0.29, 0.717) is 0 Å². The maximum Gasteiger partial charge on any atom is 0.0417 e. The molecule has 1 fully saturated rings. The van der Waals surface area contributed by atoms with Crippen LogP contribution in [-0.4, -0.2) is 13.1 Å². The number of hydrogen-bond acceptors (Lipinski definition) is 1. The highest BCUT2D eigenvalue weighted by molar-refractivity contribution is 9.10. The molecule has 1 nitrogen and oxygen atoms in total. The van der Waals surface area contributed by atoms with Crippen LogP contribution in [0.4, 0.5) is 0 Å². The third-order valence-corrected chi connectivity index (χ3v) is 5.00. The summed E-state index contributed by atoms with van der Waals surface area (Å²) in [6.07, 6.45) is 3.77. The van der Waals surface area contributed by atoms with Gasteiger partial charge >= 0.3 is 0 Å². The summed E-state index contributed by atoms with van der Waals surface area (Å²) >= 11 is 9.62. The molecule has 0 bridgehead atoms. The van der Waals surface area contributed by atoms with Crippen molar-refractivity contribution in [3.8, 4) is 11.1 Å². The zero-order valence-corrected chi connectivity index (χ0v) is 14.3. The SMILES string of the molecule is Clc1ccc(-c2cccc(CCCC3CNC3)c2)c(Br)c1. The van der Waals surface area contributed by atoms with E-state index in [1.165, 1.54) is 42.6 Å². The molecule has 0 amide bonds. The van der Waals surface area contributed by atoms with E-state index in [9.17, 15) is 0 Å². The summed E-state index contributed by atoms with van der Waals surface area (Å²) in [5.41, 5.74) is 3.87. The molecule has 3 heteroatoms. The van der Waals surface area contributed by atoms with Gasteiger partial charge in [0.25, 0.3) is 0 Å². The van der Waals surface area contributed by atoms with Crippen molar-refractivity contribution in [3.63, 3.8) is 0 Å². The molecule has 2 aromatic carbocycles. The van der Waals surface area contributed by atoms with Crippen LogP contribution in [0.3, 0.4) is 0 Å². The van der Waals surface area contributed by atoms with Gasteiger partial charge in [-0.2, -0.15) is 0 Å². The van der Waals surface area contributed by atoms with Gasteiger partial charge in [0.05, 0.1) is 0 Å². The molecule has 0 aliphatic carbocycles. The minimum atomic E-state index is 0.760. The van der Waals surface area contributed by atoms with Crippen molar-refractivity contribution in [2.75, 3.05) is 13.1 Å². The van der Waals surface area contributed by atoms with Crippen LogP contribution < -0.4 is 5.32 Å². The number of hydrogen-bond donors (Lipinski definition) is 1. The summed E-state index contributed by atoms with van der Waals surface area (Å²) in [6.45, 7) is 2.41. The molecular weight excluding hydrogens is 346 g/mol. The Balaban J connectivity index is 1.69. The van der Waals surface area contributed by atoms with Crippen LogP contribution in [0.25, 0.3) is 11.1 Å². The van der Waals surface area contributed by atoms with Gasteiger partial charge < -0.3 is 5.32 Å². The first-order chi connectivity index (χ1) is 10.2. The van der Waals surface area contributed by atoms with E-state index in [0.717, 1.165) is 21.8 Å². The third-order valence-electron chi connectivity index (χ3n) is 4.11. The lowest BCUT2D eigenvalue weighted by Crippen LogP contribution is -2.41. The lowest BCUT2D eigenvalue weighted by molar-refractivity contribution is 0.321. The third kappa shape index (κ3) is 3.88. The number of halogens is 2. The predicted octanol–water partition coefficient (Wildman–Crippen LogP) is 5.31. The Labute approximate surface area is 139 Å². The molecule has 1 saturated heterocycles. The fourth-order valence-electron chi connectivity index (χ4n) is 2.77. The van der Waals surface area contributed by atoms with Gasteiger partial charge in [0, 0.05) is 9.50 Å². The van der Waals surface area contributed by atoms with Crippen LogP contribution in [0, 0.1) is 5.92 Å². The van der Waals surface area contributed by atoms with Gasteiger partial charge in [0.1, 0.15) is 0 Å². The van der Waals surface area contributed by atoms with Gasteiger partial charge in [0.2, 0.25) is 0 Å². The lowest BCUT2D eigenvalue weighted by Gasteiger charge is -2.26. The fraction of sp³-hybridized carbons (Fsp3) is 0.333. The normalized spacial score (nSPS) is 15.0. The van der Waals surface area contributed by atoms with Crippen LogP contribution in [0.2, 0.25) is 5.02 Å². The fourth-order valence-corrected chi connectivity index (χ4v) is 3.68. The molecule has 0 aromatic heterocycles. The second-order valence-electron chi connectivity index (χ2n) is 5.74. The smallest absolute Gasteiger partial charge is 0.0417 e. The van der Waals surface area contributed by atoms with Gasteiger partial charge in [-0.15, -0.1) is 0 Å². The van der Waals surface area contributed by atoms with E-state index in [2.05, 4.69) is 51.6 Å². The van der Waals surface area contributed by atoms with E-state index in [1.54, 1.807) is 0 Å². The molecule has 1 aliphatic heterocycles. The van der Waals surface area contributed by atoms with Crippen LogP contribution in [0.15, 0.2) is 46.9 Å². The maximum absolute atomic E-state index is 6.02. The Morgan fingerprint density at radius 3 is 2.71 bits per heavy atom. The second kappa shape index (κ2) is 6.95. The Hall–Kier alpha value is -0.830. The van der Waals surface area contributed by atoms with Crippen LogP contribution in [0.1, 0.15) is 18.4 Å². The van der Waals surface area contributed by atoms with Crippen molar-refractivity contribution < 1.29 is 0 Å². The lowest BCUT2D eigenvalue weighted by atomic mass is 9.94. The molecule has 21 heavy (non-hydrogen) atoms. The molecule has 0 spiro atoms. The Bertz CT molecular complexity index is 622. The zero-order chi connectivity index (χ0) is 14.7. The predicted molar refractivity (Wildman–Crippen MR) is 93.9 cm³/mol. The first kappa shape index (κ1) is 15.1. The Morgan fingerprint density at radius 2 is 2.00 bits per heavy atom. The quantitative estimate of drug-likeness (QED) is 0.758. The van der Waals surface area contributed by atoms with Gasteiger partial charge in [-0.25, -0.2) is 0 Å². The molecule has 2 aromatic rings. The molecular formula is C18H19BrClN. The minimum absolute atomic E-state index is 0.760. The monoisotopic (exact) mass is 363 g/mol. The molecule has 0 saturated carbocycles. The first-order valence-corrected chi connectivity index (χ1v) is 8.64. The summed E-state index contributed by atoms with van der Waals surface area (Å²) < 4.78 is 1.05. The van der Waals surface area contributed by atoms with Crippen molar-refractivity contribution in [2.24, 2.45) is 5.92 Å². The summed E-state index contributed by atoms with van der Waals surface area (Å²) in [5, 5.41) is 4.10. The van der Waals surface area contributed by atoms with Gasteiger partial charge in [-0.3, -0.25) is 0 Å². The van der Waals surface area contributed by atoms with E-state index >= 15 is 0 Å². The number of aryl methyl sites for hydroxylation is 1. The van der Waals surface area contributed by atoms with Crippen LogP contribution >= 0.6 is 27.5 Å².